The van der Waals surface area contributed by atoms with E-state index in [0.717, 1.165) is 156 Å². The summed E-state index contributed by atoms with van der Waals surface area (Å²) in [6.07, 6.45) is 11.4. The molecule has 9 nitrogen and oxygen atoms in total. The van der Waals surface area contributed by atoms with Crippen molar-refractivity contribution >= 4 is 97.7 Å². The monoisotopic (exact) mass is 1810 g/mol. The molecule has 26 aromatic rings. The zero-order valence-corrected chi connectivity index (χ0v) is 78.6. The molecule has 0 N–H and O–H groups in total. The van der Waals surface area contributed by atoms with Gasteiger partial charge in [-0.3, -0.25) is 15.0 Å². The van der Waals surface area contributed by atoms with Gasteiger partial charge in [-0.2, -0.15) is 0 Å². The predicted octanol–water partition coefficient (Wildman–Crippen LogP) is 34.6. The molecule has 668 valence electrons. The van der Waals surface area contributed by atoms with Gasteiger partial charge in [0.1, 0.15) is 0 Å². The van der Waals surface area contributed by atoms with Gasteiger partial charge in [0.25, 0.3) is 0 Å². The van der Waals surface area contributed by atoms with Gasteiger partial charge < -0.3 is 0 Å². The number of fused-ring (bicyclic) bond motifs is 9. The van der Waals surface area contributed by atoms with E-state index < -0.39 is 0 Å². The Hall–Kier alpha value is -18.6. The van der Waals surface area contributed by atoms with Crippen molar-refractivity contribution in [2.45, 2.75) is 27.7 Å². The maximum Gasteiger partial charge on any atom is 0.0979 e. The summed E-state index contributed by atoms with van der Waals surface area (Å²) >= 11 is 0. The Morgan fingerprint density at radius 1 is 0.141 bits per heavy atom. The molecule has 0 radical (unpaired) electrons. The fourth-order valence-corrected chi connectivity index (χ4v) is 20.7. The number of benzene rings is 20. The summed E-state index contributed by atoms with van der Waals surface area (Å²) in [5.41, 5.74) is 40.2. The van der Waals surface area contributed by atoms with Crippen LogP contribution >= 0.6 is 0 Å². The Morgan fingerprint density at radius 3 is 0.563 bits per heavy atom. The topological polar surface area (TPSA) is 116 Å². The molecule has 142 heavy (non-hydrogen) atoms. The fourth-order valence-electron chi connectivity index (χ4n) is 20.7. The lowest BCUT2D eigenvalue weighted by atomic mass is 9.86. The highest BCUT2D eigenvalue weighted by molar-refractivity contribution is 6.25. The second-order valence-corrected chi connectivity index (χ2v) is 36.3. The number of aryl methyl sites for hydroxylation is 4. The minimum absolute atomic E-state index is 0.851. The molecule has 0 saturated heterocycles. The van der Waals surface area contributed by atoms with Crippen LogP contribution in [0.25, 0.3) is 254 Å². The molecule has 0 aliphatic heterocycles. The molecule has 0 aliphatic carbocycles. The smallest absolute Gasteiger partial charge is 0.0979 e. The van der Waals surface area contributed by atoms with Crippen molar-refractivity contribution in [3.8, 4) is 157 Å². The number of aromatic nitrogens is 9. The van der Waals surface area contributed by atoms with Crippen LogP contribution in [0.1, 0.15) is 22.3 Å². The quantitative estimate of drug-likeness (QED) is 0.0981. The first-order valence-electron chi connectivity index (χ1n) is 48.2. The van der Waals surface area contributed by atoms with Crippen molar-refractivity contribution in [3.63, 3.8) is 0 Å². The zero-order chi connectivity index (χ0) is 95.1. The lowest BCUT2D eigenvalue weighted by Crippen LogP contribution is -1.99. The molecular weight excluding hydrogens is 1720 g/mol. The van der Waals surface area contributed by atoms with Crippen molar-refractivity contribution in [1.82, 2.24) is 44.9 Å². The molecule has 26 rings (SSSR count). The van der Waals surface area contributed by atoms with Gasteiger partial charge in [-0.05, 0) is 206 Å². The first-order valence-corrected chi connectivity index (χ1v) is 48.2. The van der Waals surface area contributed by atoms with Gasteiger partial charge >= 0.3 is 0 Å². The van der Waals surface area contributed by atoms with E-state index in [-0.39, 0.29) is 0 Å². The fraction of sp³-hybridized carbons (Fsp3) is 0.0301. The van der Waals surface area contributed by atoms with Crippen molar-refractivity contribution in [2.75, 3.05) is 0 Å². The van der Waals surface area contributed by atoms with Crippen LogP contribution < -0.4 is 0 Å². The number of pyridine rings is 3. The largest absolute Gasteiger partial charge is 0.264 e. The molecule has 0 atom stereocenters. The Kier molecular flexibility index (Phi) is 22.8. The van der Waals surface area contributed by atoms with E-state index in [1.165, 1.54) is 120 Å². The Morgan fingerprint density at radius 2 is 0.331 bits per heavy atom. The van der Waals surface area contributed by atoms with Crippen LogP contribution in [0.15, 0.2) is 480 Å². The van der Waals surface area contributed by atoms with Crippen molar-refractivity contribution < 1.29 is 0 Å². The van der Waals surface area contributed by atoms with Gasteiger partial charge in [0.2, 0.25) is 0 Å². The third-order valence-corrected chi connectivity index (χ3v) is 27.6. The molecule has 0 spiro atoms. The van der Waals surface area contributed by atoms with Crippen molar-refractivity contribution in [2.24, 2.45) is 0 Å². The van der Waals surface area contributed by atoms with E-state index in [0.29, 0.717) is 0 Å². The standard InChI is InChI=1S/C51H33N3.2C41H29N3/c1-4-15-34(16-5-1)40-30-31-41(35-17-6-2-7-18-35)51-50(40)53-48(37-19-8-3-9-20-37)49(54-51)38-28-26-36(27-29-38)46-42-22-10-12-24-44(42)47(39-21-14-32-52-33-39)45-25-13-11-23-43(45)46;1-26-23-36-37(24-27(26)2)44-41(40(43-36)29-11-4-3-5-12-29)30-20-18-28(19-21-30)38-32-14-6-8-16-34(32)39(31-13-10-22-42-25-31)35-17-9-7-15-33(35)38;1-26-18-19-27(2)39-38(26)43-40(29-11-4-3-5-12-29)41(44-39)30-22-20-28(21-23-30)36-32-14-6-8-16-34(32)37(31-13-10-24-42-25-31)35-17-9-7-15-33(35)36/h1-33H;2*3-25H,1-2H3. The van der Waals surface area contributed by atoms with Crippen LogP contribution in [0.2, 0.25) is 0 Å². The first kappa shape index (κ1) is 86.3. The van der Waals surface area contributed by atoms with Gasteiger partial charge in [-0.1, -0.05) is 413 Å². The van der Waals surface area contributed by atoms with E-state index in [9.17, 15) is 0 Å². The summed E-state index contributed by atoms with van der Waals surface area (Å²) in [5, 5.41) is 14.6. The molecule has 0 fully saturated rings. The van der Waals surface area contributed by atoms with Crippen LogP contribution in [-0.2, 0) is 0 Å². The normalized spacial score (nSPS) is 11.4. The molecule has 0 unspecified atom stereocenters. The predicted molar refractivity (Wildman–Crippen MR) is 592 cm³/mol. The number of rotatable bonds is 14. The summed E-state index contributed by atoms with van der Waals surface area (Å²) in [5.74, 6) is 0. The van der Waals surface area contributed by atoms with Crippen molar-refractivity contribution in [3.05, 3.63) is 502 Å². The van der Waals surface area contributed by atoms with Crippen LogP contribution in [-0.4, -0.2) is 44.9 Å². The first-order chi connectivity index (χ1) is 70.1. The van der Waals surface area contributed by atoms with Gasteiger partial charge in [-0.15, -0.1) is 0 Å². The summed E-state index contributed by atoms with van der Waals surface area (Å²) in [7, 11) is 0. The van der Waals surface area contributed by atoms with Crippen molar-refractivity contribution in [1.29, 1.82) is 0 Å². The van der Waals surface area contributed by atoms with Gasteiger partial charge in [0.05, 0.1) is 67.3 Å². The maximum atomic E-state index is 5.56. The lowest BCUT2D eigenvalue weighted by molar-refractivity contribution is 1.25. The summed E-state index contributed by atoms with van der Waals surface area (Å²) in [6.45, 7) is 8.47. The highest BCUT2D eigenvalue weighted by Gasteiger charge is 2.26. The molecule has 0 amide bonds. The second kappa shape index (κ2) is 37.5. The zero-order valence-electron chi connectivity index (χ0n) is 78.6. The van der Waals surface area contributed by atoms with E-state index in [1.54, 1.807) is 0 Å². The van der Waals surface area contributed by atoms with Gasteiger partial charge in [0, 0.05) is 98.4 Å². The minimum atomic E-state index is 0.851. The van der Waals surface area contributed by atoms with E-state index in [4.69, 9.17) is 29.9 Å². The Balaban J connectivity index is 0.000000116. The highest BCUT2D eigenvalue weighted by atomic mass is 14.9. The molecule has 0 aliphatic rings. The third-order valence-electron chi connectivity index (χ3n) is 27.6. The third kappa shape index (κ3) is 16.0. The molecule has 20 aromatic carbocycles. The average molecular weight is 1820 g/mol. The Bertz CT molecular complexity index is 9130. The van der Waals surface area contributed by atoms with Crippen LogP contribution in [0.4, 0.5) is 0 Å². The van der Waals surface area contributed by atoms with Crippen LogP contribution in [0.3, 0.4) is 0 Å². The number of nitrogens with zero attached hydrogens (tertiary/aromatic N) is 9. The molecular formula is C133H91N9. The molecule has 0 bridgehead atoms. The maximum absolute atomic E-state index is 5.56. The van der Waals surface area contributed by atoms with E-state index in [2.05, 4.69) is 443 Å². The summed E-state index contributed by atoms with van der Waals surface area (Å²) in [6, 6.07) is 156. The van der Waals surface area contributed by atoms with Gasteiger partial charge in [0.15, 0.2) is 0 Å². The van der Waals surface area contributed by atoms with Gasteiger partial charge in [-0.25, -0.2) is 29.9 Å². The summed E-state index contributed by atoms with van der Waals surface area (Å²) in [4.78, 5) is 45.3. The Labute approximate surface area is 823 Å². The molecule has 6 aromatic heterocycles. The number of hydrogen-bond acceptors (Lipinski definition) is 9. The molecule has 0 saturated carbocycles. The van der Waals surface area contributed by atoms with E-state index >= 15 is 0 Å². The summed E-state index contributed by atoms with van der Waals surface area (Å²) < 4.78 is 0. The SMILES string of the molecule is Cc1cc2nc(-c3ccccc3)c(-c3ccc(-c4c5ccccc5c(-c5cccnc5)c5ccccc45)cc3)nc2cc1C.Cc1ccc(C)c2nc(-c3ccc(-c4c5ccccc5c(-c5cccnc5)c5ccccc45)cc3)c(-c3ccccc3)nc12.c1ccc(-c2nc3c(-c4ccccc4)ccc(-c4ccccc4)c3nc2-c2ccc(-c3c4ccccc4c(-c4cccnc4)c4ccccc34)cc2)cc1. The van der Waals surface area contributed by atoms with Crippen LogP contribution in [0.5, 0.6) is 0 Å². The van der Waals surface area contributed by atoms with Crippen LogP contribution in [0, 0.1) is 27.7 Å². The molecule has 6 heterocycles. The molecule has 9 heteroatoms. The highest BCUT2D eigenvalue weighted by Crippen LogP contribution is 2.50. The lowest BCUT2D eigenvalue weighted by Gasteiger charge is -2.18. The number of hydrogen-bond donors (Lipinski definition) is 0. The minimum Gasteiger partial charge on any atom is -0.264 e. The second-order valence-electron chi connectivity index (χ2n) is 36.3. The average Bonchev–Trinajstić information content (AvgIpc) is 0.733. The van der Waals surface area contributed by atoms with E-state index in [1.807, 2.05) is 79.6 Å².